The Kier molecular flexibility index (Phi) is 5.46. The summed E-state index contributed by atoms with van der Waals surface area (Å²) in [4.78, 5) is 32.6. The maximum Gasteiger partial charge on any atom is 0.320 e. The lowest BCUT2D eigenvalue weighted by molar-refractivity contribution is -0.139. The maximum absolute atomic E-state index is 11.5. The average Bonchev–Trinajstić information content (AvgIpc) is 2.41. The molecule has 110 valence electrons. The Morgan fingerprint density at radius 1 is 1.05 bits per heavy atom. The molecule has 0 aromatic heterocycles. The second kappa shape index (κ2) is 9.29. The Morgan fingerprint density at radius 2 is 1.58 bits per heavy atom. The van der Waals surface area contributed by atoms with E-state index in [1.54, 1.807) is 0 Å². The van der Waals surface area contributed by atoms with Gasteiger partial charge in [0.2, 0.25) is 5.91 Å². The van der Waals surface area contributed by atoms with Crippen molar-refractivity contribution in [1.29, 1.82) is 0 Å². The van der Waals surface area contributed by atoms with Crippen LogP contribution in [-0.4, -0.2) is 46.7 Å². The number of aliphatic carboxylic acids is 2. The van der Waals surface area contributed by atoms with Crippen LogP contribution in [0.2, 0.25) is 0 Å². The molecule has 8 nitrogen and oxygen atoms in total. The van der Waals surface area contributed by atoms with Crippen LogP contribution in [0.1, 0.15) is 37.5 Å². The highest BCUT2D eigenvalue weighted by atomic mass is 16.4. The van der Waals surface area contributed by atoms with E-state index in [2.05, 4.69) is 5.32 Å². The smallest absolute Gasteiger partial charge is 0.320 e. The molecule has 0 aliphatic rings. The zero-order valence-corrected chi connectivity index (χ0v) is 10.3. The first kappa shape index (κ1) is 11.2. The Labute approximate surface area is 116 Å². The van der Waals surface area contributed by atoms with Gasteiger partial charge < -0.3 is 27.0 Å². The van der Waals surface area contributed by atoms with Crippen LogP contribution in [0.4, 0.5) is 0 Å². The van der Waals surface area contributed by atoms with Gasteiger partial charge in [-0.3, -0.25) is 14.4 Å². The van der Waals surface area contributed by atoms with Crippen molar-refractivity contribution in [1.82, 2.24) is 5.32 Å². The minimum Gasteiger partial charge on any atom is -0.480 e. The van der Waals surface area contributed by atoms with Crippen molar-refractivity contribution in [2.75, 3.05) is 6.54 Å². The number of carbonyl (C=O) groups excluding carboxylic acids is 1. The third-order valence-corrected chi connectivity index (χ3v) is 2.14. The van der Waals surface area contributed by atoms with E-state index in [9.17, 15) is 14.4 Å². The zero-order chi connectivity index (χ0) is 18.4. The van der Waals surface area contributed by atoms with E-state index in [1.807, 2.05) is 0 Å². The molecule has 0 radical (unpaired) electrons. The zero-order valence-electron chi connectivity index (χ0n) is 14.3. The van der Waals surface area contributed by atoms with E-state index >= 15 is 0 Å². The largest absolute Gasteiger partial charge is 0.480 e. The van der Waals surface area contributed by atoms with Crippen LogP contribution < -0.4 is 16.8 Å². The van der Waals surface area contributed by atoms with Gasteiger partial charge in [0.25, 0.3) is 0 Å². The van der Waals surface area contributed by atoms with Crippen molar-refractivity contribution in [3.8, 4) is 0 Å². The normalized spacial score (nSPS) is 18.2. The monoisotopic (exact) mass is 279 g/mol. The lowest BCUT2D eigenvalue weighted by Gasteiger charge is -2.08. The van der Waals surface area contributed by atoms with Gasteiger partial charge >= 0.3 is 11.9 Å². The molecule has 0 aliphatic carbocycles. The van der Waals surface area contributed by atoms with Gasteiger partial charge in [0, 0.05) is 18.4 Å². The van der Waals surface area contributed by atoms with Crippen LogP contribution in [0.15, 0.2) is 0 Å². The van der Waals surface area contributed by atoms with Crippen molar-refractivity contribution in [3.63, 3.8) is 0 Å². The lowest BCUT2D eigenvalue weighted by Crippen LogP contribution is -2.33. The molecule has 0 heterocycles. The molecule has 0 aromatic carbocycles. The number of nitrogens with one attached hydrogen (secondary N) is 1. The maximum atomic E-state index is 11.5. The standard InChI is InChI=1S/C11H21N3O5/c12-7(10(16)17)3-1-2-6-14-9(15)5-4-8(13)11(18)19/h7-8H,1-6,12-13H2,(H,14,15)(H,16,17)(H,18,19)/t7-,8-/m0/s1/i1D2,2D2. The minimum absolute atomic E-state index is 0.152. The van der Waals surface area contributed by atoms with Gasteiger partial charge in [0.05, 0.1) is 0 Å². The Morgan fingerprint density at radius 3 is 2.11 bits per heavy atom. The number of carboxylic acid groups (broad SMARTS) is 2. The highest BCUT2D eigenvalue weighted by Gasteiger charge is 2.13. The predicted octanol–water partition coefficient (Wildman–Crippen LogP) is -1.12. The van der Waals surface area contributed by atoms with Crippen LogP contribution in [0.5, 0.6) is 0 Å². The van der Waals surface area contributed by atoms with Crippen molar-refractivity contribution in [2.45, 2.75) is 44.1 Å². The van der Waals surface area contributed by atoms with Crippen LogP contribution in [0.25, 0.3) is 0 Å². The first-order chi connectivity index (χ1) is 10.3. The van der Waals surface area contributed by atoms with Gasteiger partial charge in [-0.25, -0.2) is 0 Å². The van der Waals surface area contributed by atoms with Crippen LogP contribution in [0.3, 0.4) is 0 Å². The first-order valence-corrected chi connectivity index (χ1v) is 5.53. The average molecular weight is 279 g/mol. The summed E-state index contributed by atoms with van der Waals surface area (Å²) in [6.45, 7) is -0.715. The Bertz CT molecular complexity index is 461. The third-order valence-electron chi connectivity index (χ3n) is 2.14. The molecule has 1 amide bonds. The number of hydrogen-bond donors (Lipinski definition) is 5. The quantitative estimate of drug-likeness (QED) is 0.339. The fourth-order valence-corrected chi connectivity index (χ4v) is 0.973. The van der Waals surface area contributed by atoms with Gasteiger partial charge in [-0.1, -0.05) is 0 Å². The van der Waals surface area contributed by atoms with Crippen LogP contribution >= 0.6 is 0 Å². The van der Waals surface area contributed by atoms with Crippen LogP contribution in [-0.2, 0) is 14.4 Å². The van der Waals surface area contributed by atoms with Gasteiger partial charge in [0.1, 0.15) is 12.1 Å². The molecule has 0 unspecified atom stereocenters. The number of rotatable bonds is 10. The summed E-state index contributed by atoms with van der Waals surface area (Å²) in [6.07, 6.45) is -6.34. The minimum atomic E-state index is -2.59. The lowest BCUT2D eigenvalue weighted by atomic mass is 10.1. The summed E-state index contributed by atoms with van der Waals surface area (Å²) in [5.74, 6) is -3.42. The number of hydrogen-bond acceptors (Lipinski definition) is 5. The molecule has 0 aromatic rings. The Hall–Kier alpha value is -1.67. The summed E-state index contributed by atoms with van der Waals surface area (Å²) < 4.78 is 30.5. The topological polar surface area (TPSA) is 156 Å². The molecular formula is C11H21N3O5. The molecule has 0 aliphatic heterocycles. The summed E-state index contributed by atoms with van der Waals surface area (Å²) in [5.41, 5.74) is 10.4. The summed E-state index contributed by atoms with van der Waals surface area (Å²) in [7, 11) is 0. The van der Waals surface area contributed by atoms with Gasteiger partial charge in [-0.2, -0.15) is 0 Å². The number of carbonyl (C=O) groups is 3. The van der Waals surface area contributed by atoms with E-state index in [-0.39, 0.29) is 12.8 Å². The van der Waals surface area contributed by atoms with Crippen molar-refractivity contribution < 1.29 is 30.1 Å². The first-order valence-electron chi connectivity index (χ1n) is 7.53. The van der Waals surface area contributed by atoms with Gasteiger partial charge in [0.15, 0.2) is 0 Å². The second-order valence-electron chi connectivity index (χ2n) is 3.76. The number of carboxylic acids is 2. The van der Waals surface area contributed by atoms with Crippen molar-refractivity contribution >= 4 is 17.8 Å². The molecular weight excluding hydrogens is 254 g/mol. The molecule has 8 heteroatoms. The second-order valence-corrected chi connectivity index (χ2v) is 3.76. The third kappa shape index (κ3) is 8.97. The van der Waals surface area contributed by atoms with E-state index < -0.39 is 55.6 Å². The highest BCUT2D eigenvalue weighted by Crippen LogP contribution is 1.99. The van der Waals surface area contributed by atoms with Crippen molar-refractivity contribution in [2.24, 2.45) is 11.5 Å². The summed E-state index contributed by atoms with van der Waals surface area (Å²) in [6, 6.07) is -2.80. The SMILES string of the molecule is [2H]C([2H])(CNC(=O)CC[C@H](N)C(=O)O)C([2H])([2H])C[C@H](N)C(=O)O. The van der Waals surface area contributed by atoms with E-state index in [1.165, 1.54) is 0 Å². The molecule has 0 rings (SSSR count). The molecule has 2 atom stereocenters. The molecule has 0 bridgehead atoms. The fraction of sp³-hybridized carbons (Fsp3) is 0.727. The van der Waals surface area contributed by atoms with Crippen LogP contribution in [0, 0.1) is 0 Å². The summed E-state index contributed by atoms with van der Waals surface area (Å²) in [5, 5.41) is 19.4. The molecule has 19 heavy (non-hydrogen) atoms. The van der Waals surface area contributed by atoms with Gasteiger partial charge in [-0.15, -0.1) is 0 Å². The molecule has 7 N–H and O–H groups in total. The molecule has 0 fully saturated rings. The van der Waals surface area contributed by atoms with Gasteiger partial charge in [-0.05, 0) is 25.6 Å². The number of nitrogens with two attached hydrogens (primary N) is 2. The van der Waals surface area contributed by atoms with E-state index in [4.69, 9.17) is 27.2 Å². The van der Waals surface area contributed by atoms with E-state index in [0.29, 0.717) is 0 Å². The summed E-state index contributed by atoms with van der Waals surface area (Å²) >= 11 is 0. The molecule has 0 spiro atoms. The van der Waals surface area contributed by atoms with E-state index in [0.717, 1.165) is 0 Å². The Balaban J connectivity index is 4.52. The predicted molar refractivity (Wildman–Crippen MR) is 67.3 cm³/mol. The van der Waals surface area contributed by atoms with Crippen molar-refractivity contribution in [3.05, 3.63) is 0 Å². The highest BCUT2D eigenvalue weighted by molar-refractivity contribution is 5.78. The molecule has 0 saturated carbocycles. The fourth-order valence-electron chi connectivity index (χ4n) is 0.973. The number of amides is 1. The molecule has 0 saturated heterocycles.